The molecule has 0 bridgehead atoms. The second-order valence-electron chi connectivity index (χ2n) is 6.28. The highest BCUT2D eigenvalue weighted by atomic mass is 35.5. The van der Waals surface area contributed by atoms with E-state index in [2.05, 4.69) is 16.8 Å². The third-order valence-electron chi connectivity index (χ3n) is 4.97. The average molecular weight is 294 g/mol. The standard InChI is InChI=1S/C16H24ClN3/c1-19-8-3-4-12-10-20(9-7-16(12)19)11-13-14(17)5-2-6-15(13)18/h2,5-6,12,16H,3-4,7-11,18H2,1H3. The van der Waals surface area contributed by atoms with E-state index in [0.29, 0.717) is 0 Å². The summed E-state index contributed by atoms with van der Waals surface area (Å²) in [6.07, 6.45) is 3.97. The molecule has 2 fully saturated rings. The van der Waals surface area contributed by atoms with Crippen LogP contribution < -0.4 is 5.73 Å². The maximum Gasteiger partial charge on any atom is 0.0471 e. The Balaban J connectivity index is 1.68. The van der Waals surface area contributed by atoms with Crippen LogP contribution in [0.3, 0.4) is 0 Å². The molecular formula is C16H24ClN3. The number of nitrogens with zero attached hydrogens (tertiary/aromatic N) is 2. The van der Waals surface area contributed by atoms with Gasteiger partial charge in [-0.15, -0.1) is 0 Å². The van der Waals surface area contributed by atoms with E-state index in [4.69, 9.17) is 17.3 Å². The highest BCUT2D eigenvalue weighted by Gasteiger charge is 2.34. The number of fused-ring (bicyclic) bond motifs is 1. The first-order valence-electron chi connectivity index (χ1n) is 7.60. The Labute approximate surface area is 126 Å². The summed E-state index contributed by atoms with van der Waals surface area (Å²) in [5, 5.41) is 0.799. The molecule has 2 saturated heterocycles. The Hall–Kier alpha value is -0.770. The fourth-order valence-corrected chi connectivity index (χ4v) is 4.08. The lowest BCUT2D eigenvalue weighted by Crippen LogP contribution is -2.52. The number of hydrogen-bond acceptors (Lipinski definition) is 3. The number of rotatable bonds is 2. The molecule has 2 N–H and O–H groups in total. The first-order valence-corrected chi connectivity index (χ1v) is 7.98. The predicted octanol–water partition coefficient (Wildman–Crippen LogP) is 2.84. The molecule has 2 aliphatic heterocycles. The number of halogens is 1. The largest absolute Gasteiger partial charge is 0.398 e. The van der Waals surface area contributed by atoms with Crippen molar-refractivity contribution in [2.24, 2.45) is 5.92 Å². The van der Waals surface area contributed by atoms with Crippen LogP contribution in [0.25, 0.3) is 0 Å². The monoisotopic (exact) mass is 293 g/mol. The first kappa shape index (κ1) is 14.2. The van der Waals surface area contributed by atoms with Crippen molar-refractivity contribution in [3.63, 3.8) is 0 Å². The van der Waals surface area contributed by atoms with Gasteiger partial charge in [0.2, 0.25) is 0 Å². The van der Waals surface area contributed by atoms with E-state index >= 15 is 0 Å². The normalized spacial score (nSPS) is 28.3. The molecule has 1 aromatic carbocycles. The van der Waals surface area contributed by atoms with Gasteiger partial charge in [-0.3, -0.25) is 4.90 Å². The van der Waals surface area contributed by atoms with E-state index in [1.54, 1.807) is 0 Å². The number of nitrogen functional groups attached to an aromatic ring is 1. The number of likely N-dealkylation sites (tertiary alicyclic amines) is 2. The maximum atomic E-state index is 6.29. The quantitative estimate of drug-likeness (QED) is 0.851. The Morgan fingerprint density at radius 1 is 1.30 bits per heavy atom. The molecule has 0 aliphatic carbocycles. The van der Waals surface area contributed by atoms with Gasteiger partial charge < -0.3 is 10.6 Å². The molecule has 2 atom stereocenters. The molecule has 2 unspecified atom stereocenters. The zero-order valence-electron chi connectivity index (χ0n) is 12.2. The smallest absolute Gasteiger partial charge is 0.0471 e. The summed E-state index contributed by atoms with van der Waals surface area (Å²) in [5.41, 5.74) is 7.99. The summed E-state index contributed by atoms with van der Waals surface area (Å²) >= 11 is 6.29. The molecule has 3 rings (SSSR count). The number of hydrogen-bond donors (Lipinski definition) is 1. The van der Waals surface area contributed by atoms with Gasteiger partial charge in [0.15, 0.2) is 0 Å². The minimum absolute atomic E-state index is 0.781. The zero-order valence-corrected chi connectivity index (χ0v) is 12.9. The van der Waals surface area contributed by atoms with Crippen molar-refractivity contribution in [1.82, 2.24) is 9.80 Å². The molecule has 2 aliphatic rings. The van der Waals surface area contributed by atoms with Crippen LogP contribution in [0.1, 0.15) is 24.8 Å². The van der Waals surface area contributed by atoms with Crippen molar-refractivity contribution in [1.29, 1.82) is 0 Å². The van der Waals surface area contributed by atoms with Gasteiger partial charge in [0.1, 0.15) is 0 Å². The Morgan fingerprint density at radius 2 is 2.15 bits per heavy atom. The Bertz CT molecular complexity index is 457. The van der Waals surface area contributed by atoms with E-state index in [1.165, 1.54) is 32.4 Å². The summed E-state index contributed by atoms with van der Waals surface area (Å²) in [6.45, 7) is 4.48. The summed E-state index contributed by atoms with van der Waals surface area (Å²) in [6, 6.07) is 6.59. The van der Waals surface area contributed by atoms with Gasteiger partial charge in [-0.1, -0.05) is 17.7 Å². The minimum Gasteiger partial charge on any atom is -0.398 e. The summed E-state index contributed by atoms with van der Waals surface area (Å²) in [4.78, 5) is 5.08. The number of piperidine rings is 2. The molecule has 4 heteroatoms. The molecule has 0 amide bonds. The fraction of sp³-hybridized carbons (Fsp3) is 0.625. The zero-order chi connectivity index (χ0) is 14.1. The molecule has 0 radical (unpaired) electrons. The minimum atomic E-state index is 0.781. The van der Waals surface area contributed by atoms with Crippen molar-refractivity contribution in [3.8, 4) is 0 Å². The van der Waals surface area contributed by atoms with Gasteiger partial charge in [0.25, 0.3) is 0 Å². The second-order valence-corrected chi connectivity index (χ2v) is 6.69. The van der Waals surface area contributed by atoms with Gasteiger partial charge in [-0.25, -0.2) is 0 Å². The topological polar surface area (TPSA) is 32.5 Å². The Kier molecular flexibility index (Phi) is 4.20. The van der Waals surface area contributed by atoms with Crippen LogP contribution in [0.4, 0.5) is 5.69 Å². The van der Waals surface area contributed by atoms with Crippen LogP contribution in [0.2, 0.25) is 5.02 Å². The maximum absolute atomic E-state index is 6.29. The van der Waals surface area contributed by atoms with Crippen molar-refractivity contribution < 1.29 is 0 Å². The SMILES string of the molecule is CN1CCCC2CN(Cc3c(N)cccc3Cl)CCC21. The lowest BCUT2D eigenvalue weighted by atomic mass is 9.84. The van der Waals surface area contributed by atoms with Gasteiger partial charge in [-0.05, 0) is 57.5 Å². The highest BCUT2D eigenvalue weighted by molar-refractivity contribution is 6.31. The molecule has 0 spiro atoms. The fourth-order valence-electron chi connectivity index (χ4n) is 3.84. The van der Waals surface area contributed by atoms with E-state index in [9.17, 15) is 0 Å². The summed E-state index contributed by atoms with van der Waals surface area (Å²) < 4.78 is 0. The van der Waals surface area contributed by atoms with Crippen LogP contribution in [0.15, 0.2) is 18.2 Å². The molecule has 2 heterocycles. The molecule has 0 saturated carbocycles. The van der Waals surface area contributed by atoms with Crippen molar-refractivity contribution >= 4 is 17.3 Å². The molecular weight excluding hydrogens is 270 g/mol. The van der Waals surface area contributed by atoms with Crippen molar-refractivity contribution in [3.05, 3.63) is 28.8 Å². The van der Waals surface area contributed by atoms with E-state index < -0.39 is 0 Å². The number of anilines is 1. The molecule has 20 heavy (non-hydrogen) atoms. The third-order valence-corrected chi connectivity index (χ3v) is 5.32. The summed E-state index contributed by atoms with van der Waals surface area (Å²) in [5.74, 6) is 0.811. The molecule has 1 aromatic rings. The van der Waals surface area contributed by atoms with Crippen LogP contribution in [-0.2, 0) is 6.54 Å². The van der Waals surface area contributed by atoms with Crippen molar-refractivity contribution in [2.45, 2.75) is 31.8 Å². The lowest BCUT2D eigenvalue weighted by molar-refractivity contribution is 0.0356. The lowest BCUT2D eigenvalue weighted by Gasteiger charge is -2.46. The third kappa shape index (κ3) is 2.80. The van der Waals surface area contributed by atoms with Gasteiger partial charge in [0.05, 0.1) is 0 Å². The highest BCUT2D eigenvalue weighted by Crippen LogP contribution is 2.31. The molecule has 110 valence electrons. The van der Waals surface area contributed by atoms with Crippen LogP contribution in [0, 0.1) is 5.92 Å². The van der Waals surface area contributed by atoms with E-state index in [-0.39, 0.29) is 0 Å². The van der Waals surface area contributed by atoms with Crippen LogP contribution in [-0.4, -0.2) is 42.5 Å². The predicted molar refractivity (Wildman–Crippen MR) is 84.9 cm³/mol. The number of benzene rings is 1. The van der Waals surface area contributed by atoms with Crippen LogP contribution >= 0.6 is 11.6 Å². The Morgan fingerprint density at radius 3 is 2.95 bits per heavy atom. The van der Waals surface area contributed by atoms with Gasteiger partial charge >= 0.3 is 0 Å². The van der Waals surface area contributed by atoms with Crippen molar-refractivity contribution in [2.75, 3.05) is 32.4 Å². The van der Waals surface area contributed by atoms with Gasteiger partial charge in [0, 0.05) is 35.4 Å². The average Bonchev–Trinajstić information content (AvgIpc) is 2.43. The molecule has 3 nitrogen and oxygen atoms in total. The van der Waals surface area contributed by atoms with Crippen LogP contribution in [0.5, 0.6) is 0 Å². The first-order chi connectivity index (χ1) is 9.65. The number of nitrogens with two attached hydrogens (primary N) is 1. The molecule has 0 aromatic heterocycles. The van der Waals surface area contributed by atoms with E-state index in [1.807, 2.05) is 18.2 Å². The van der Waals surface area contributed by atoms with Gasteiger partial charge in [-0.2, -0.15) is 0 Å². The summed E-state index contributed by atoms with van der Waals surface area (Å²) in [7, 11) is 2.28. The van der Waals surface area contributed by atoms with E-state index in [0.717, 1.165) is 41.3 Å². The second kappa shape index (κ2) is 5.92.